The van der Waals surface area contributed by atoms with E-state index in [1.54, 1.807) is 6.92 Å². The summed E-state index contributed by atoms with van der Waals surface area (Å²) >= 11 is 0. The fourth-order valence-corrected chi connectivity index (χ4v) is 2.18. The van der Waals surface area contributed by atoms with Crippen LogP contribution in [0, 0.1) is 11.3 Å². The third kappa shape index (κ3) is 3.93. The molecular weight excluding hydrogens is 246 g/mol. The molecule has 0 aromatic heterocycles. The van der Waals surface area contributed by atoms with E-state index in [2.05, 4.69) is 5.32 Å². The quantitative estimate of drug-likeness (QED) is 0.772. The average Bonchev–Trinajstić information content (AvgIpc) is 2.73. The number of carboxylic acid groups (broad SMARTS) is 1. The fraction of sp³-hybridized carbons (Fsp3) is 0.857. The summed E-state index contributed by atoms with van der Waals surface area (Å²) in [6, 6.07) is 0. The Kier molecular flexibility index (Phi) is 4.96. The number of amides is 1. The standard InChI is InChI=1S/C14H25NO4/c1-10(2)14(4,12(17)18)8-11(16)15-9-13(3)6-5-7-19-13/h10H,5-9H2,1-4H3,(H,15,16)(H,17,18). The highest BCUT2D eigenvalue weighted by molar-refractivity contribution is 5.84. The van der Waals surface area contributed by atoms with Crippen molar-refractivity contribution in [3.8, 4) is 0 Å². The first-order valence-electron chi connectivity index (χ1n) is 6.84. The monoisotopic (exact) mass is 271 g/mol. The second-order valence-corrected chi connectivity index (χ2v) is 6.23. The number of carboxylic acids is 1. The number of nitrogens with one attached hydrogen (secondary N) is 1. The summed E-state index contributed by atoms with van der Waals surface area (Å²) in [5.41, 5.74) is -1.32. The van der Waals surface area contributed by atoms with Crippen molar-refractivity contribution in [1.29, 1.82) is 0 Å². The molecule has 5 heteroatoms. The highest BCUT2D eigenvalue weighted by atomic mass is 16.5. The van der Waals surface area contributed by atoms with Gasteiger partial charge >= 0.3 is 5.97 Å². The molecule has 0 radical (unpaired) electrons. The number of carbonyl (C=O) groups excluding carboxylic acids is 1. The van der Waals surface area contributed by atoms with Gasteiger partial charge in [0.05, 0.1) is 11.0 Å². The van der Waals surface area contributed by atoms with E-state index >= 15 is 0 Å². The van der Waals surface area contributed by atoms with Crippen molar-refractivity contribution >= 4 is 11.9 Å². The van der Waals surface area contributed by atoms with Crippen LogP contribution >= 0.6 is 0 Å². The Morgan fingerprint density at radius 2 is 2.11 bits per heavy atom. The SMILES string of the molecule is CC(C)C(C)(CC(=O)NCC1(C)CCCO1)C(=O)O. The smallest absolute Gasteiger partial charge is 0.310 e. The number of ether oxygens (including phenoxy) is 1. The summed E-state index contributed by atoms with van der Waals surface area (Å²) in [4.78, 5) is 23.3. The number of rotatable bonds is 6. The largest absolute Gasteiger partial charge is 0.481 e. The van der Waals surface area contributed by atoms with Gasteiger partial charge in [-0.25, -0.2) is 0 Å². The number of carbonyl (C=O) groups is 2. The Hall–Kier alpha value is -1.10. The first kappa shape index (κ1) is 16.0. The highest BCUT2D eigenvalue weighted by Crippen LogP contribution is 2.31. The van der Waals surface area contributed by atoms with E-state index in [1.165, 1.54) is 0 Å². The molecule has 1 rings (SSSR count). The van der Waals surface area contributed by atoms with Gasteiger partial charge in [-0.2, -0.15) is 0 Å². The molecule has 1 amide bonds. The van der Waals surface area contributed by atoms with Crippen molar-refractivity contribution in [2.75, 3.05) is 13.2 Å². The molecule has 0 saturated carbocycles. The molecule has 1 aliphatic heterocycles. The minimum absolute atomic E-state index is 0.00389. The molecule has 1 fully saturated rings. The zero-order chi connectivity index (χ0) is 14.7. The van der Waals surface area contributed by atoms with Crippen molar-refractivity contribution in [1.82, 2.24) is 5.32 Å². The van der Waals surface area contributed by atoms with Crippen LogP contribution in [0.5, 0.6) is 0 Å². The van der Waals surface area contributed by atoms with Crippen molar-refractivity contribution in [3.05, 3.63) is 0 Å². The van der Waals surface area contributed by atoms with E-state index in [9.17, 15) is 14.7 Å². The van der Waals surface area contributed by atoms with Gasteiger partial charge < -0.3 is 15.2 Å². The van der Waals surface area contributed by atoms with Crippen LogP contribution in [0.4, 0.5) is 0 Å². The molecule has 19 heavy (non-hydrogen) atoms. The van der Waals surface area contributed by atoms with E-state index in [0.29, 0.717) is 6.54 Å². The van der Waals surface area contributed by atoms with E-state index in [4.69, 9.17) is 4.74 Å². The zero-order valence-corrected chi connectivity index (χ0v) is 12.3. The number of hydrogen-bond donors (Lipinski definition) is 2. The van der Waals surface area contributed by atoms with E-state index < -0.39 is 11.4 Å². The highest BCUT2D eigenvalue weighted by Gasteiger charge is 2.39. The Balaban J connectivity index is 2.52. The summed E-state index contributed by atoms with van der Waals surface area (Å²) in [6.45, 7) is 8.41. The van der Waals surface area contributed by atoms with Crippen LogP contribution in [0.15, 0.2) is 0 Å². The van der Waals surface area contributed by atoms with Gasteiger partial charge in [0.2, 0.25) is 5.91 Å². The molecule has 110 valence electrons. The lowest BCUT2D eigenvalue weighted by Crippen LogP contribution is -2.44. The molecule has 0 aliphatic carbocycles. The lowest BCUT2D eigenvalue weighted by molar-refractivity contribution is -0.153. The molecule has 1 saturated heterocycles. The summed E-state index contributed by atoms with van der Waals surface area (Å²) in [5, 5.41) is 12.1. The van der Waals surface area contributed by atoms with Crippen LogP contribution in [0.2, 0.25) is 0 Å². The fourth-order valence-electron chi connectivity index (χ4n) is 2.18. The first-order valence-corrected chi connectivity index (χ1v) is 6.84. The summed E-state index contributed by atoms with van der Waals surface area (Å²) in [7, 11) is 0. The van der Waals surface area contributed by atoms with Crippen molar-refractivity contribution in [2.24, 2.45) is 11.3 Å². The molecule has 1 aliphatic rings. The Morgan fingerprint density at radius 1 is 1.47 bits per heavy atom. The third-order valence-electron chi connectivity index (χ3n) is 4.25. The van der Waals surface area contributed by atoms with Gasteiger partial charge in [-0.15, -0.1) is 0 Å². The second kappa shape index (κ2) is 5.90. The Bertz CT molecular complexity index is 347. The summed E-state index contributed by atoms with van der Waals surface area (Å²) < 4.78 is 5.58. The predicted octanol–water partition coefficient (Wildman–Crippen LogP) is 1.81. The second-order valence-electron chi connectivity index (χ2n) is 6.23. The van der Waals surface area contributed by atoms with Gasteiger partial charge in [0.25, 0.3) is 0 Å². The zero-order valence-electron chi connectivity index (χ0n) is 12.3. The van der Waals surface area contributed by atoms with Crippen LogP contribution in [-0.2, 0) is 14.3 Å². The maximum atomic E-state index is 11.9. The summed E-state index contributed by atoms with van der Waals surface area (Å²) in [5.74, 6) is -1.26. The molecule has 1 heterocycles. The molecule has 2 N–H and O–H groups in total. The minimum Gasteiger partial charge on any atom is -0.481 e. The van der Waals surface area contributed by atoms with Gasteiger partial charge in [-0.05, 0) is 32.6 Å². The van der Waals surface area contributed by atoms with Crippen LogP contribution in [0.1, 0.15) is 47.0 Å². The van der Waals surface area contributed by atoms with Crippen LogP contribution in [0.3, 0.4) is 0 Å². The maximum Gasteiger partial charge on any atom is 0.310 e. The van der Waals surface area contributed by atoms with Crippen molar-refractivity contribution in [2.45, 2.75) is 52.6 Å². The normalized spacial score (nSPS) is 26.2. The van der Waals surface area contributed by atoms with Gasteiger partial charge in [-0.3, -0.25) is 9.59 Å². The average molecular weight is 271 g/mol. The van der Waals surface area contributed by atoms with E-state index in [0.717, 1.165) is 19.4 Å². The van der Waals surface area contributed by atoms with Gasteiger partial charge in [0.15, 0.2) is 0 Å². The van der Waals surface area contributed by atoms with Crippen molar-refractivity contribution in [3.63, 3.8) is 0 Å². The van der Waals surface area contributed by atoms with Gasteiger partial charge in [-0.1, -0.05) is 13.8 Å². The minimum atomic E-state index is -1.03. The maximum absolute atomic E-state index is 11.9. The third-order valence-corrected chi connectivity index (χ3v) is 4.25. The van der Waals surface area contributed by atoms with Gasteiger partial charge in [0.1, 0.15) is 0 Å². The molecule has 5 nitrogen and oxygen atoms in total. The van der Waals surface area contributed by atoms with Crippen LogP contribution in [-0.4, -0.2) is 35.7 Å². The molecule has 2 unspecified atom stereocenters. The topological polar surface area (TPSA) is 75.6 Å². The van der Waals surface area contributed by atoms with E-state index in [-0.39, 0.29) is 23.8 Å². The van der Waals surface area contributed by atoms with Crippen LogP contribution < -0.4 is 5.32 Å². The molecular formula is C14H25NO4. The molecule has 0 spiro atoms. The number of hydrogen-bond acceptors (Lipinski definition) is 3. The lowest BCUT2D eigenvalue weighted by atomic mass is 9.76. The summed E-state index contributed by atoms with van der Waals surface area (Å²) in [6.07, 6.45) is 1.93. The molecule has 2 atom stereocenters. The Morgan fingerprint density at radius 3 is 2.53 bits per heavy atom. The lowest BCUT2D eigenvalue weighted by Gasteiger charge is -2.29. The van der Waals surface area contributed by atoms with Gasteiger partial charge in [0, 0.05) is 19.6 Å². The van der Waals surface area contributed by atoms with E-state index in [1.807, 2.05) is 20.8 Å². The predicted molar refractivity (Wildman–Crippen MR) is 71.8 cm³/mol. The molecule has 0 bridgehead atoms. The molecule has 0 aromatic carbocycles. The van der Waals surface area contributed by atoms with Crippen molar-refractivity contribution < 1.29 is 19.4 Å². The Labute approximate surface area is 114 Å². The number of aliphatic carboxylic acids is 1. The molecule has 0 aromatic rings. The first-order chi connectivity index (χ1) is 8.69. The van der Waals surface area contributed by atoms with Crippen LogP contribution in [0.25, 0.3) is 0 Å².